The highest BCUT2D eigenvalue weighted by atomic mass is 16.6. The van der Waals surface area contributed by atoms with E-state index in [2.05, 4.69) is 35.7 Å². The molecule has 0 unspecified atom stereocenters. The smallest absolute Gasteiger partial charge is 0.245 e. The van der Waals surface area contributed by atoms with Crippen LogP contribution in [0.15, 0.2) is 48.0 Å². The molecule has 0 saturated carbocycles. The van der Waals surface area contributed by atoms with Crippen molar-refractivity contribution in [3.05, 3.63) is 71.1 Å². The summed E-state index contributed by atoms with van der Waals surface area (Å²) in [6, 6.07) is 11.5. The Bertz CT molecular complexity index is 921. The van der Waals surface area contributed by atoms with Gasteiger partial charge in [-0.25, -0.2) is 4.99 Å². The van der Waals surface area contributed by atoms with E-state index in [9.17, 15) is 4.79 Å². The summed E-state index contributed by atoms with van der Waals surface area (Å²) in [4.78, 5) is 25.8. The molecule has 0 aliphatic rings. The van der Waals surface area contributed by atoms with Crippen LogP contribution in [0.1, 0.15) is 48.3 Å². The van der Waals surface area contributed by atoms with Crippen LogP contribution in [0, 0.1) is 12.8 Å². The summed E-state index contributed by atoms with van der Waals surface area (Å²) >= 11 is 0. The Morgan fingerprint density at radius 1 is 1.26 bits per heavy atom. The number of hydrogen-bond acceptors (Lipinski definition) is 6. The van der Waals surface area contributed by atoms with Crippen molar-refractivity contribution in [2.45, 2.75) is 40.0 Å². The monoisotopic (exact) mass is 424 g/mol. The van der Waals surface area contributed by atoms with Crippen LogP contribution in [0.25, 0.3) is 5.70 Å². The van der Waals surface area contributed by atoms with Gasteiger partial charge in [-0.05, 0) is 48.9 Å². The predicted molar refractivity (Wildman–Crippen MR) is 123 cm³/mol. The third-order valence-electron chi connectivity index (χ3n) is 4.58. The van der Waals surface area contributed by atoms with Crippen LogP contribution in [0.5, 0.6) is 0 Å². The van der Waals surface area contributed by atoms with Crippen molar-refractivity contribution in [1.82, 2.24) is 10.3 Å². The average Bonchev–Trinajstić information content (AvgIpc) is 2.73. The number of aliphatic imine (C=N–C) groups is 1. The minimum absolute atomic E-state index is 0.0599. The Hall–Kier alpha value is -3.03. The largest absolute Gasteiger partial charge is 0.395 e. The highest BCUT2D eigenvalue weighted by Gasteiger charge is 2.11. The van der Waals surface area contributed by atoms with Gasteiger partial charge < -0.3 is 15.3 Å². The highest BCUT2D eigenvalue weighted by molar-refractivity contribution is 5.97. The number of hydrogen-bond donors (Lipinski definition) is 3. The fourth-order valence-electron chi connectivity index (χ4n) is 3.14. The molecule has 0 radical (unpaired) electrons. The van der Waals surface area contributed by atoms with E-state index in [4.69, 9.17) is 15.8 Å². The van der Waals surface area contributed by atoms with Crippen LogP contribution in [0.4, 0.5) is 0 Å². The standard InChI is InChI=1S/C24H32N4O3/c1-16(2)13-22-15-21(14-17(3)27-22)24(31-25)28-18(4)20-8-5-19(6-9-20)7-10-23(30)26-11-12-29/h5-6,8-9,14-16,29H,4,7,10-13,25H2,1-3H3,(H,26,30)/b28-24-. The maximum absolute atomic E-state index is 11.7. The summed E-state index contributed by atoms with van der Waals surface area (Å²) < 4.78 is 0. The minimum Gasteiger partial charge on any atom is -0.395 e. The Morgan fingerprint density at radius 2 is 1.97 bits per heavy atom. The Labute approximate surface area is 184 Å². The van der Waals surface area contributed by atoms with Crippen LogP contribution in [-0.4, -0.2) is 35.0 Å². The summed E-state index contributed by atoms with van der Waals surface area (Å²) in [5.41, 5.74) is 4.97. The lowest BCUT2D eigenvalue weighted by Crippen LogP contribution is -2.26. The van der Waals surface area contributed by atoms with Crippen molar-refractivity contribution in [3.63, 3.8) is 0 Å². The van der Waals surface area contributed by atoms with Crippen molar-refractivity contribution in [2.75, 3.05) is 13.2 Å². The molecule has 4 N–H and O–H groups in total. The number of carbonyl (C=O) groups is 1. The van der Waals surface area contributed by atoms with Gasteiger partial charge in [0.2, 0.25) is 11.8 Å². The van der Waals surface area contributed by atoms with Gasteiger partial charge in [0.25, 0.3) is 0 Å². The second-order valence-electron chi connectivity index (χ2n) is 7.84. The van der Waals surface area contributed by atoms with Crippen LogP contribution in [0.3, 0.4) is 0 Å². The maximum Gasteiger partial charge on any atom is 0.245 e. The van der Waals surface area contributed by atoms with Gasteiger partial charge in [-0.3, -0.25) is 9.78 Å². The number of aliphatic hydroxyl groups is 1. The van der Waals surface area contributed by atoms with Crippen molar-refractivity contribution in [3.8, 4) is 0 Å². The first-order valence-electron chi connectivity index (χ1n) is 10.4. The van der Waals surface area contributed by atoms with Gasteiger partial charge in [0, 0.05) is 29.9 Å². The van der Waals surface area contributed by atoms with Gasteiger partial charge in [-0.2, -0.15) is 5.90 Å². The first-order chi connectivity index (χ1) is 14.8. The Morgan fingerprint density at radius 3 is 2.58 bits per heavy atom. The number of aromatic nitrogens is 1. The molecule has 0 bridgehead atoms. The van der Waals surface area contributed by atoms with Gasteiger partial charge in [0.15, 0.2) is 0 Å². The molecule has 0 aliphatic heterocycles. The van der Waals surface area contributed by atoms with E-state index in [1.807, 2.05) is 43.3 Å². The second kappa shape index (κ2) is 12.0. The molecule has 0 atom stereocenters. The van der Waals surface area contributed by atoms with Crippen LogP contribution >= 0.6 is 0 Å². The molecule has 166 valence electrons. The number of nitrogens with zero attached hydrogens (tertiary/aromatic N) is 2. The third kappa shape index (κ3) is 7.96. The van der Waals surface area contributed by atoms with Crippen molar-refractivity contribution in [2.24, 2.45) is 16.8 Å². The van der Waals surface area contributed by atoms with Crippen LogP contribution in [-0.2, 0) is 22.5 Å². The van der Waals surface area contributed by atoms with Crippen molar-refractivity contribution in [1.29, 1.82) is 0 Å². The number of carbonyl (C=O) groups excluding carboxylic acids is 1. The number of rotatable bonds is 10. The number of nitrogens with two attached hydrogens (primary N) is 1. The molecule has 0 fully saturated rings. The zero-order chi connectivity index (χ0) is 22.8. The quantitative estimate of drug-likeness (QED) is 0.309. The van der Waals surface area contributed by atoms with Gasteiger partial charge >= 0.3 is 0 Å². The van der Waals surface area contributed by atoms with Gasteiger partial charge in [-0.15, -0.1) is 0 Å². The Balaban J connectivity index is 2.11. The zero-order valence-corrected chi connectivity index (χ0v) is 18.5. The lowest BCUT2D eigenvalue weighted by Gasteiger charge is -2.11. The number of benzene rings is 1. The second-order valence-corrected chi connectivity index (χ2v) is 7.84. The van der Waals surface area contributed by atoms with Crippen LogP contribution < -0.4 is 11.2 Å². The number of pyridine rings is 1. The first kappa shape index (κ1) is 24.2. The molecular formula is C24H32N4O3. The van der Waals surface area contributed by atoms with Crippen LogP contribution in [0.2, 0.25) is 0 Å². The number of nitrogens with one attached hydrogen (secondary N) is 1. The minimum atomic E-state index is -0.0821. The number of aliphatic hydroxyl groups excluding tert-OH is 1. The normalized spacial score (nSPS) is 11.5. The molecule has 0 spiro atoms. The first-order valence-corrected chi connectivity index (χ1v) is 10.4. The third-order valence-corrected chi connectivity index (χ3v) is 4.58. The number of amides is 1. The summed E-state index contributed by atoms with van der Waals surface area (Å²) in [5.74, 6) is 6.20. The van der Waals surface area contributed by atoms with Gasteiger partial charge in [-0.1, -0.05) is 44.7 Å². The molecule has 1 aromatic heterocycles. The average molecular weight is 425 g/mol. The predicted octanol–water partition coefficient (Wildman–Crippen LogP) is 2.94. The van der Waals surface area contributed by atoms with Gasteiger partial charge in [0.05, 0.1) is 12.3 Å². The lowest BCUT2D eigenvalue weighted by molar-refractivity contribution is -0.121. The van der Waals surface area contributed by atoms with E-state index in [-0.39, 0.29) is 25.0 Å². The Kier molecular flexibility index (Phi) is 9.37. The molecule has 0 aliphatic carbocycles. The molecule has 2 aromatic rings. The molecule has 7 heteroatoms. The number of aryl methyl sites for hydroxylation is 2. The SMILES string of the molecule is C=C(/N=C(\ON)c1cc(C)nc(CC(C)C)c1)c1ccc(CCC(=O)NCCO)cc1. The molecule has 1 heterocycles. The van der Waals surface area contributed by atoms with E-state index >= 15 is 0 Å². The molecule has 7 nitrogen and oxygen atoms in total. The van der Waals surface area contributed by atoms with Crippen molar-refractivity contribution < 1.29 is 14.7 Å². The topological polar surface area (TPSA) is 110 Å². The highest BCUT2D eigenvalue weighted by Crippen LogP contribution is 2.18. The maximum atomic E-state index is 11.7. The summed E-state index contributed by atoms with van der Waals surface area (Å²) in [5, 5.41) is 11.4. The lowest BCUT2D eigenvalue weighted by atomic mass is 10.0. The molecule has 1 aromatic carbocycles. The van der Waals surface area contributed by atoms with Gasteiger partial charge in [0.1, 0.15) is 0 Å². The molecule has 2 rings (SSSR count). The van der Waals surface area contributed by atoms with E-state index in [0.717, 1.165) is 34.5 Å². The molecule has 0 saturated heterocycles. The van der Waals surface area contributed by atoms with E-state index in [1.165, 1.54) is 0 Å². The van der Waals surface area contributed by atoms with Crippen molar-refractivity contribution >= 4 is 17.5 Å². The van der Waals surface area contributed by atoms with E-state index in [1.54, 1.807) is 0 Å². The zero-order valence-electron chi connectivity index (χ0n) is 18.5. The van der Waals surface area contributed by atoms with E-state index in [0.29, 0.717) is 24.5 Å². The summed E-state index contributed by atoms with van der Waals surface area (Å²) in [6.45, 7) is 10.5. The molecule has 31 heavy (non-hydrogen) atoms. The summed E-state index contributed by atoms with van der Waals surface area (Å²) in [7, 11) is 0. The van der Waals surface area contributed by atoms with E-state index < -0.39 is 0 Å². The summed E-state index contributed by atoms with van der Waals surface area (Å²) in [6.07, 6.45) is 1.83. The molecular weight excluding hydrogens is 392 g/mol. The fraction of sp³-hybridized carbons (Fsp3) is 0.375. The fourth-order valence-corrected chi connectivity index (χ4v) is 3.14. The molecule has 1 amide bonds.